The van der Waals surface area contributed by atoms with Crippen molar-refractivity contribution in [2.24, 2.45) is 5.14 Å². The van der Waals surface area contributed by atoms with Crippen LogP contribution in [0.15, 0.2) is 46.1 Å². The Morgan fingerprint density at radius 2 is 1.87 bits per heavy atom. The van der Waals surface area contributed by atoms with E-state index in [4.69, 9.17) is 5.14 Å². The van der Waals surface area contributed by atoms with Crippen LogP contribution in [-0.4, -0.2) is 24.1 Å². The summed E-state index contributed by atoms with van der Waals surface area (Å²) in [5.41, 5.74) is 0.560. The van der Waals surface area contributed by atoms with E-state index in [1.54, 1.807) is 19.1 Å². The van der Waals surface area contributed by atoms with Crippen molar-refractivity contribution < 1.29 is 13.2 Å². The standard InChI is InChI=1S/C14H16N4O4S/c1-2-18-13(19)8-7-12(17-18)14(20)16-9-10-3-5-11(6-4-10)23(15,21)22/h3-8H,2,9H2,1H3,(H,16,20)(H2,15,21,22). The molecule has 1 heterocycles. The van der Waals surface area contributed by atoms with E-state index in [-0.39, 0.29) is 22.7 Å². The van der Waals surface area contributed by atoms with E-state index in [1.165, 1.54) is 28.9 Å². The Kier molecular flexibility index (Phi) is 4.92. The van der Waals surface area contributed by atoms with Crippen molar-refractivity contribution in [1.82, 2.24) is 15.1 Å². The second-order valence-electron chi connectivity index (χ2n) is 4.74. The Balaban J connectivity index is 2.06. The second-order valence-corrected chi connectivity index (χ2v) is 6.31. The fraction of sp³-hybridized carbons (Fsp3) is 0.214. The number of aromatic nitrogens is 2. The quantitative estimate of drug-likeness (QED) is 0.785. The molecule has 2 rings (SSSR count). The van der Waals surface area contributed by atoms with Crippen LogP contribution in [-0.2, 0) is 23.1 Å². The van der Waals surface area contributed by atoms with Crippen molar-refractivity contribution in [3.8, 4) is 0 Å². The number of nitrogens with one attached hydrogen (secondary N) is 1. The van der Waals surface area contributed by atoms with Crippen molar-refractivity contribution in [3.63, 3.8) is 0 Å². The maximum Gasteiger partial charge on any atom is 0.271 e. The average Bonchev–Trinajstić information content (AvgIpc) is 2.52. The van der Waals surface area contributed by atoms with Gasteiger partial charge in [-0.2, -0.15) is 5.10 Å². The van der Waals surface area contributed by atoms with E-state index in [0.29, 0.717) is 12.1 Å². The summed E-state index contributed by atoms with van der Waals surface area (Å²) in [5.74, 6) is -0.428. The summed E-state index contributed by atoms with van der Waals surface area (Å²) in [5, 5.41) is 11.6. The molecule has 0 radical (unpaired) electrons. The number of benzene rings is 1. The number of hydrogen-bond donors (Lipinski definition) is 2. The molecule has 0 bridgehead atoms. The molecule has 0 unspecified atom stereocenters. The number of hydrogen-bond acceptors (Lipinski definition) is 5. The van der Waals surface area contributed by atoms with Crippen LogP contribution >= 0.6 is 0 Å². The van der Waals surface area contributed by atoms with Crippen molar-refractivity contribution in [2.75, 3.05) is 0 Å². The zero-order chi connectivity index (χ0) is 17.0. The highest BCUT2D eigenvalue weighted by Crippen LogP contribution is 2.08. The molecule has 0 spiro atoms. The van der Waals surface area contributed by atoms with Gasteiger partial charge in [0.2, 0.25) is 10.0 Å². The molecule has 2 aromatic rings. The van der Waals surface area contributed by atoms with Gasteiger partial charge in [0.25, 0.3) is 11.5 Å². The highest BCUT2D eigenvalue weighted by atomic mass is 32.2. The van der Waals surface area contributed by atoms with Crippen LogP contribution in [0.4, 0.5) is 0 Å². The summed E-state index contributed by atoms with van der Waals surface area (Å²) in [6, 6.07) is 8.49. The summed E-state index contributed by atoms with van der Waals surface area (Å²) in [6.45, 7) is 2.31. The van der Waals surface area contributed by atoms with Gasteiger partial charge in [-0.3, -0.25) is 9.59 Å². The Morgan fingerprint density at radius 1 is 1.22 bits per heavy atom. The van der Waals surface area contributed by atoms with E-state index < -0.39 is 15.9 Å². The van der Waals surface area contributed by atoms with E-state index in [9.17, 15) is 18.0 Å². The van der Waals surface area contributed by atoms with Crippen molar-refractivity contribution in [2.45, 2.75) is 24.9 Å². The lowest BCUT2D eigenvalue weighted by Gasteiger charge is -2.07. The van der Waals surface area contributed by atoms with Crippen molar-refractivity contribution >= 4 is 15.9 Å². The largest absolute Gasteiger partial charge is 0.347 e. The molecule has 1 aromatic carbocycles. The average molecular weight is 336 g/mol. The number of sulfonamides is 1. The lowest BCUT2D eigenvalue weighted by atomic mass is 10.2. The van der Waals surface area contributed by atoms with Gasteiger partial charge in [0.15, 0.2) is 0 Å². The van der Waals surface area contributed by atoms with E-state index >= 15 is 0 Å². The number of rotatable bonds is 5. The van der Waals surface area contributed by atoms with Crippen LogP contribution in [0.25, 0.3) is 0 Å². The molecule has 1 aromatic heterocycles. The highest BCUT2D eigenvalue weighted by Gasteiger charge is 2.10. The van der Waals surface area contributed by atoms with Crippen LogP contribution in [0.2, 0.25) is 0 Å². The van der Waals surface area contributed by atoms with Gasteiger partial charge >= 0.3 is 0 Å². The maximum atomic E-state index is 12.0. The predicted octanol–water partition coefficient (Wildman–Crippen LogP) is -0.159. The number of nitrogens with two attached hydrogens (primary N) is 1. The van der Waals surface area contributed by atoms with E-state index in [2.05, 4.69) is 10.4 Å². The molecule has 9 heteroatoms. The first-order chi connectivity index (χ1) is 10.8. The van der Waals surface area contributed by atoms with Gasteiger partial charge in [0, 0.05) is 19.2 Å². The molecule has 0 saturated carbocycles. The van der Waals surface area contributed by atoms with Gasteiger partial charge in [-0.15, -0.1) is 0 Å². The smallest absolute Gasteiger partial charge is 0.271 e. The second kappa shape index (κ2) is 6.71. The fourth-order valence-electron chi connectivity index (χ4n) is 1.87. The van der Waals surface area contributed by atoms with Crippen molar-refractivity contribution in [3.05, 3.63) is 58.0 Å². The Labute approximate surface area is 133 Å². The van der Waals surface area contributed by atoms with Crippen LogP contribution in [0, 0.1) is 0 Å². The molecule has 1 amide bonds. The van der Waals surface area contributed by atoms with E-state index in [1.807, 2.05) is 0 Å². The monoisotopic (exact) mass is 336 g/mol. The number of nitrogens with zero attached hydrogens (tertiary/aromatic N) is 2. The van der Waals surface area contributed by atoms with Gasteiger partial charge in [0.05, 0.1) is 4.90 Å². The lowest BCUT2D eigenvalue weighted by molar-refractivity contribution is 0.0943. The molecule has 0 aliphatic carbocycles. The lowest BCUT2D eigenvalue weighted by Crippen LogP contribution is -2.29. The third kappa shape index (κ3) is 4.24. The molecular weight excluding hydrogens is 320 g/mol. The summed E-state index contributed by atoms with van der Waals surface area (Å²) >= 11 is 0. The normalized spacial score (nSPS) is 11.2. The Hall–Kier alpha value is -2.52. The first-order valence-electron chi connectivity index (χ1n) is 6.79. The Morgan fingerprint density at radius 3 is 2.43 bits per heavy atom. The molecule has 23 heavy (non-hydrogen) atoms. The number of carbonyl (C=O) groups excluding carboxylic acids is 1. The molecular formula is C14H16N4O4S. The minimum absolute atomic E-state index is 0.00395. The predicted molar refractivity (Wildman–Crippen MR) is 83.2 cm³/mol. The number of carbonyl (C=O) groups is 1. The van der Waals surface area contributed by atoms with Gasteiger partial charge in [-0.25, -0.2) is 18.2 Å². The summed E-state index contributed by atoms with van der Waals surface area (Å²) < 4.78 is 23.5. The first kappa shape index (κ1) is 16.8. The van der Waals surface area contributed by atoms with E-state index in [0.717, 1.165) is 0 Å². The fourth-order valence-corrected chi connectivity index (χ4v) is 2.38. The molecule has 0 fully saturated rings. The molecule has 8 nitrogen and oxygen atoms in total. The molecule has 0 saturated heterocycles. The van der Waals surface area contributed by atoms with Gasteiger partial charge in [-0.05, 0) is 30.7 Å². The third-order valence-electron chi connectivity index (χ3n) is 3.10. The van der Waals surface area contributed by atoms with Crippen LogP contribution < -0.4 is 16.0 Å². The topological polar surface area (TPSA) is 124 Å². The summed E-state index contributed by atoms with van der Waals surface area (Å²) in [4.78, 5) is 23.4. The Bertz CT molecular complexity index is 872. The number of amides is 1. The first-order valence-corrected chi connectivity index (χ1v) is 8.34. The summed E-state index contributed by atoms with van der Waals surface area (Å²) in [6.07, 6.45) is 0. The molecule has 0 atom stereocenters. The number of primary sulfonamides is 1. The van der Waals surface area contributed by atoms with Crippen LogP contribution in [0.1, 0.15) is 23.0 Å². The molecule has 0 aliphatic heterocycles. The molecule has 3 N–H and O–H groups in total. The third-order valence-corrected chi connectivity index (χ3v) is 4.03. The number of aryl methyl sites for hydroxylation is 1. The molecule has 0 aliphatic rings. The van der Waals surface area contributed by atoms with Gasteiger partial charge in [-0.1, -0.05) is 12.1 Å². The molecule has 122 valence electrons. The minimum Gasteiger partial charge on any atom is -0.347 e. The van der Waals surface area contributed by atoms with Gasteiger partial charge < -0.3 is 5.32 Å². The van der Waals surface area contributed by atoms with Crippen LogP contribution in [0.3, 0.4) is 0 Å². The van der Waals surface area contributed by atoms with Gasteiger partial charge in [0.1, 0.15) is 5.69 Å². The zero-order valence-corrected chi connectivity index (χ0v) is 13.2. The van der Waals surface area contributed by atoms with Crippen LogP contribution in [0.5, 0.6) is 0 Å². The minimum atomic E-state index is -3.74. The highest BCUT2D eigenvalue weighted by molar-refractivity contribution is 7.89. The van der Waals surface area contributed by atoms with Crippen molar-refractivity contribution in [1.29, 1.82) is 0 Å². The maximum absolute atomic E-state index is 12.0. The zero-order valence-electron chi connectivity index (χ0n) is 12.4. The SMILES string of the molecule is CCn1nc(C(=O)NCc2ccc(S(N)(=O)=O)cc2)ccc1=O. The summed E-state index contributed by atoms with van der Waals surface area (Å²) in [7, 11) is -3.74.